The molecular weight excluding hydrogens is 238 g/mol. The van der Waals surface area contributed by atoms with Crippen LogP contribution < -0.4 is 5.32 Å². The fourth-order valence-corrected chi connectivity index (χ4v) is 2.19. The van der Waals surface area contributed by atoms with Gasteiger partial charge in [-0.3, -0.25) is 9.59 Å². The lowest BCUT2D eigenvalue weighted by molar-refractivity contribution is -0.140. The molecule has 1 rings (SSSR count). The maximum Gasteiger partial charge on any atom is 0.307 e. The van der Waals surface area contributed by atoms with Gasteiger partial charge in [-0.2, -0.15) is 0 Å². The number of hydrogen-bond acceptors (Lipinski definition) is 4. The number of rotatable bonds is 8. The number of ether oxygens (including phenoxy) is 2. The van der Waals surface area contributed by atoms with Crippen molar-refractivity contribution in [2.24, 2.45) is 17.3 Å². The second-order valence-electron chi connectivity index (χ2n) is 5.01. The molecule has 104 valence electrons. The molecule has 0 aromatic rings. The molecule has 6 nitrogen and oxygen atoms in total. The van der Waals surface area contributed by atoms with Gasteiger partial charge in [-0.05, 0) is 5.41 Å². The van der Waals surface area contributed by atoms with Crippen LogP contribution in [0.15, 0.2) is 0 Å². The molecule has 1 saturated carbocycles. The zero-order valence-electron chi connectivity index (χ0n) is 11.1. The summed E-state index contributed by atoms with van der Waals surface area (Å²) in [6, 6.07) is 0. The summed E-state index contributed by atoms with van der Waals surface area (Å²) in [6.07, 6.45) is 0. The number of carbonyl (C=O) groups is 2. The molecule has 0 aromatic carbocycles. The van der Waals surface area contributed by atoms with Gasteiger partial charge < -0.3 is 19.9 Å². The summed E-state index contributed by atoms with van der Waals surface area (Å²) in [5, 5.41) is 11.7. The van der Waals surface area contributed by atoms with E-state index in [9.17, 15) is 9.59 Å². The van der Waals surface area contributed by atoms with Crippen LogP contribution in [-0.4, -0.2) is 50.5 Å². The zero-order valence-corrected chi connectivity index (χ0v) is 11.1. The fourth-order valence-electron chi connectivity index (χ4n) is 2.19. The molecule has 1 fully saturated rings. The number of carboxylic acids is 1. The molecule has 0 heterocycles. The SMILES string of the molecule is COCCOCCNC(=O)[C@H]1[C@@H](C(=O)O)C1(C)C. The molecular formula is C12H21NO5. The van der Waals surface area contributed by atoms with Crippen molar-refractivity contribution in [1.29, 1.82) is 0 Å². The number of aliphatic carboxylic acids is 1. The number of carboxylic acid groups (broad SMARTS) is 1. The monoisotopic (exact) mass is 259 g/mol. The molecule has 0 aromatic heterocycles. The van der Waals surface area contributed by atoms with Crippen molar-refractivity contribution in [1.82, 2.24) is 5.32 Å². The summed E-state index contributed by atoms with van der Waals surface area (Å²) in [5.41, 5.74) is -0.452. The van der Waals surface area contributed by atoms with Crippen LogP contribution in [0.3, 0.4) is 0 Å². The van der Waals surface area contributed by atoms with E-state index in [4.69, 9.17) is 14.6 Å². The van der Waals surface area contributed by atoms with Gasteiger partial charge in [0.15, 0.2) is 0 Å². The minimum absolute atomic E-state index is 0.206. The van der Waals surface area contributed by atoms with Gasteiger partial charge in [0, 0.05) is 13.7 Å². The molecule has 0 unspecified atom stereocenters. The van der Waals surface area contributed by atoms with Gasteiger partial charge in [0.2, 0.25) is 5.91 Å². The fraction of sp³-hybridized carbons (Fsp3) is 0.833. The molecule has 0 bridgehead atoms. The van der Waals surface area contributed by atoms with Crippen LogP contribution in [0, 0.1) is 17.3 Å². The molecule has 6 heteroatoms. The van der Waals surface area contributed by atoms with Crippen molar-refractivity contribution < 1.29 is 24.2 Å². The van der Waals surface area contributed by atoms with E-state index in [0.717, 1.165) is 0 Å². The molecule has 1 aliphatic rings. The van der Waals surface area contributed by atoms with Crippen molar-refractivity contribution >= 4 is 11.9 Å². The topological polar surface area (TPSA) is 84.9 Å². The van der Waals surface area contributed by atoms with E-state index in [1.807, 2.05) is 0 Å². The van der Waals surface area contributed by atoms with Crippen molar-refractivity contribution in [2.75, 3.05) is 33.5 Å². The molecule has 18 heavy (non-hydrogen) atoms. The first-order valence-corrected chi connectivity index (χ1v) is 6.00. The standard InChI is InChI=1S/C12H21NO5/c1-12(2)8(9(12)11(15)16)10(14)13-4-5-18-7-6-17-3/h8-9H,4-7H2,1-3H3,(H,13,14)(H,15,16)/t8-,9+/m1/s1. The highest BCUT2D eigenvalue weighted by atomic mass is 16.5. The van der Waals surface area contributed by atoms with Gasteiger partial charge in [0.05, 0.1) is 31.7 Å². The van der Waals surface area contributed by atoms with Gasteiger partial charge in [-0.1, -0.05) is 13.8 Å². The first kappa shape index (κ1) is 14.9. The van der Waals surface area contributed by atoms with Crippen molar-refractivity contribution in [2.45, 2.75) is 13.8 Å². The lowest BCUT2D eigenvalue weighted by Gasteiger charge is -2.06. The highest BCUT2D eigenvalue weighted by molar-refractivity contribution is 5.91. The van der Waals surface area contributed by atoms with Crippen LogP contribution in [0.25, 0.3) is 0 Å². The summed E-state index contributed by atoms with van der Waals surface area (Å²) < 4.78 is 10.0. The van der Waals surface area contributed by atoms with Crippen molar-refractivity contribution in [3.8, 4) is 0 Å². The largest absolute Gasteiger partial charge is 0.481 e. The summed E-state index contributed by atoms with van der Waals surface area (Å²) in [4.78, 5) is 22.7. The minimum Gasteiger partial charge on any atom is -0.481 e. The predicted octanol–water partition coefficient (Wildman–Crippen LogP) is 0.122. The Hall–Kier alpha value is -1.14. The number of nitrogens with one attached hydrogen (secondary N) is 1. The Morgan fingerprint density at radius 2 is 1.89 bits per heavy atom. The Bertz CT molecular complexity index is 316. The Balaban J connectivity index is 2.21. The smallest absolute Gasteiger partial charge is 0.307 e. The highest BCUT2D eigenvalue weighted by Gasteiger charge is 2.65. The second kappa shape index (κ2) is 6.15. The first-order valence-electron chi connectivity index (χ1n) is 6.00. The summed E-state index contributed by atoms with van der Waals surface area (Å²) in [6.45, 7) is 5.39. The van der Waals surface area contributed by atoms with Crippen molar-refractivity contribution in [3.05, 3.63) is 0 Å². The first-order chi connectivity index (χ1) is 8.42. The van der Waals surface area contributed by atoms with E-state index in [-0.39, 0.29) is 5.91 Å². The lowest BCUT2D eigenvalue weighted by Crippen LogP contribution is -2.30. The molecule has 0 spiro atoms. The Labute approximate surface area is 107 Å². The molecule has 0 aliphatic heterocycles. The second-order valence-corrected chi connectivity index (χ2v) is 5.01. The minimum atomic E-state index is -0.906. The number of hydrogen-bond donors (Lipinski definition) is 2. The van der Waals surface area contributed by atoms with Crippen LogP contribution >= 0.6 is 0 Å². The van der Waals surface area contributed by atoms with E-state index in [1.54, 1.807) is 21.0 Å². The maximum absolute atomic E-state index is 11.8. The maximum atomic E-state index is 11.8. The molecule has 2 N–H and O–H groups in total. The number of amides is 1. The van der Waals surface area contributed by atoms with E-state index < -0.39 is 23.2 Å². The van der Waals surface area contributed by atoms with E-state index in [2.05, 4.69) is 5.32 Å². The Morgan fingerprint density at radius 1 is 1.22 bits per heavy atom. The third-order valence-corrected chi connectivity index (χ3v) is 3.35. The average Bonchev–Trinajstić information content (AvgIpc) is 2.86. The average molecular weight is 259 g/mol. The quantitative estimate of drug-likeness (QED) is 0.605. The van der Waals surface area contributed by atoms with Crippen LogP contribution in [0.1, 0.15) is 13.8 Å². The zero-order chi connectivity index (χ0) is 13.8. The molecule has 0 saturated heterocycles. The molecule has 1 amide bonds. The van der Waals surface area contributed by atoms with Crippen LogP contribution in [0.4, 0.5) is 0 Å². The van der Waals surface area contributed by atoms with E-state index in [0.29, 0.717) is 26.4 Å². The van der Waals surface area contributed by atoms with Crippen LogP contribution in [0.5, 0.6) is 0 Å². The summed E-state index contributed by atoms with van der Waals surface area (Å²) in [7, 11) is 1.59. The highest BCUT2D eigenvalue weighted by Crippen LogP contribution is 2.58. The predicted molar refractivity (Wildman–Crippen MR) is 64.1 cm³/mol. The van der Waals surface area contributed by atoms with Gasteiger partial charge in [0.1, 0.15) is 0 Å². The van der Waals surface area contributed by atoms with Crippen LogP contribution in [0.2, 0.25) is 0 Å². The van der Waals surface area contributed by atoms with Crippen LogP contribution in [-0.2, 0) is 19.1 Å². The number of carbonyl (C=O) groups excluding carboxylic acids is 1. The number of methoxy groups -OCH3 is 1. The molecule has 0 radical (unpaired) electrons. The normalized spacial score (nSPS) is 24.6. The van der Waals surface area contributed by atoms with E-state index in [1.165, 1.54) is 0 Å². The van der Waals surface area contributed by atoms with E-state index >= 15 is 0 Å². The Morgan fingerprint density at radius 3 is 2.39 bits per heavy atom. The third kappa shape index (κ3) is 3.43. The van der Waals surface area contributed by atoms with Gasteiger partial charge in [0.25, 0.3) is 0 Å². The summed E-state index contributed by atoms with van der Waals surface area (Å²) >= 11 is 0. The van der Waals surface area contributed by atoms with Crippen molar-refractivity contribution in [3.63, 3.8) is 0 Å². The van der Waals surface area contributed by atoms with Gasteiger partial charge in [-0.15, -0.1) is 0 Å². The van der Waals surface area contributed by atoms with Gasteiger partial charge in [-0.25, -0.2) is 0 Å². The third-order valence-electron chi connectivity index (χ3n) is 3.35. The van der Waals surface area contributed by atoms with Gasteiger partial charge >= 0.3 is 5.97 Å². The summed E-state index contributed by atoms with van der Waals surface area (Å²) in [5.74, 6) is -2.12. The Kier molecular flexibility index (Phi) is 5.10. The molecule has 2 atom stereocenters. The lowest BCUT2D eigenvalue weighted by atomic mass is 10.1. The molecule has 1 aliphatic carbocycles.